The van der Waals surface area contributed by atoms with Crippen LogP contribution in [-0.2, 0) is 16.6 Å². The monoisotopic (exact) mass is 323 g/mol. The first-order valence-electron chi connectivity index (χ1n) is 8.44. The van der Waals surface area contributed by atoms with Crippen molar-refractivity contribution < 1.29 is 14.4 Å². The molecule has 23 heavy (non-hydrogen) atoms. The minimum Gasteiger partial charge on any atom is -0.388 e. The molecule has 6 heteroatoms. The van der Waals surface area contributed by atoms with Gasteiger partial charge in [0.25, 0.3) is 0 Å². The third-order valence-electron chi connectivity index (χ3n) is 4.31. The van der Waals surface area contributed by atoms with Crippen molar-refractivity contribution >= 4 is 5.91 Å². The molecule has 1 saturated heterocycles. The fourth-order valence-electron chi connectivity index (χ4n) is 3.00. The normalized spacial score (nSPS) is 19.4. The summed E-state index contributed by atoms with van der Waals surface area (Å²) in [5.41, 5.74) is -0.979. The zero-order valence-electron chi connectivity index (χ0n) is 14.9. The molecule has 2 heterocycles. The van der Waals surface area contributed by atoms with E-state index in [0.717, 1.165) is 19.4 Å². The number of hydrogen-bond donors (Lipinski definition) is 1. The summed E-state index contributed by atoms with van der Waals surface area (Å²) < 4.78 is 5.25. The Labute approximate surface area is 138 Å². The Kier molecular flexibility index (Phi) is 5.14. The molecular weight excluding hydrogens is 294 g/mol. The summed E-state index contributed by atoms with van der Waals surface area (Å²) in [6.07, 6.45) is 3.56. The number of aliphatic hydroxyl groups is 1. The van der Waals surface area contributed by atoms with Gasteiger partial charge in [0.2, 0.25) is 11.8 Å². The number of aryl methyl sites for hydroxylation is 1. The first kappa shape index (κ1) is 17.9. The van der Waals surface area contributed by atoms with Gasteiger partial charge in [-0.1, -0.05) is 25.9 Å². The molecule has 0 spiro atoms. The van der Waals surface area contributed by atoms with E-state index in [1.54, 1.807) is 13.8 Å². The van der Waals surface area contributed by atoms with Crippen molar-refractivity contribution in [1.29, 1.82) is 0 Å². The molecule has 2 rings (SSSR count). The molecule has 1 aromatic heterocycles. The molecule has 1 aliphatic heterocycles. The van der Waals surface area contributed by atoms with Crippen molar-refractivity contribution in [3.05, 3.63) is 11.7 Å². The molecule has 1 atom stereocenters. The number of carbonyl (C=O) groups is 1. The van der Waals surface area contributed by atoms with E-state index in [4.69, 9.17) is 4.52 Å². The highest BCUT2D eigenvalue weighted by molar-refractivity contribution is 5.77. The van der Waals surface area contributed by atoms with Crippen LogP contribution >= 0.6 is 0 Å². The van der Waals surface area contributed by atoms with E-state index in [1.807, 2.05) is 25.7 Å². The predicted molar refractivity (Wildman–Crippen MR) is 87.0 cm³/mol. The van der Waals surface area contributed by atoms with Crippen LogP contribution in [0.2, 0.25) is 0 Å². The Morgan fingerprint density at radius 3 is 2.61 bits per heavy atom. The Hall–Kier alpha value is -1.43. The molecule has 1 fully saturated rings. The molecule has 1 unspecified atom stereocenters. The van der Waals surface area contributed by atoms with Gasteiger partial charge in [0.15, 0.2) is 5.82 Å². The maximum Gasteiger partial charge on any atom is 0.226 e. The number of nitrogens with zero attached hydrogens (tertiary/aromatic N) is 3. The highest BCUT2D eigenvalue weighted by Crippen LogP contribution is 2.27. The van der Waals surface area contributed by atoms with Gasteiger partial charge >= 0.3 is 0 Å². The van der Waals surface area contributed by atoms with E-state index in [-0.39, 0.29) is 17.4 Å². The first-order chi connectivity index (χ1) is 10.6. The lowest BCUT2D eigenvalue weighted by Crippen LogP contribution is -2.48. The Bertz CT molecular complexity index is 540. The average molecular weight is 323 g/mol. The van der Waals surface area contributed by atoms with Gasteiger partial charge in [-0.3, -0.25) is 4.79 Å². The van der Waals surface area contributed by atoms with Crippen molar-refractivity contribution in [3.63, 3.8) is 0 Å². The van der Waals surface area contributed by atoms with E-state index >= 15 is 0 Å². The fraction of sp³-hybridized carbons (Fsp3) is 0.824. The van der Waals surface area contributed by atoms with E-state index in [2.05, 4.69) is 10.1 Å². The summed E-state index contributed by atoms with van der Waals surface area (Å²) in [6, 6.07) is -0.0779. The molecule has 1 aliphatic rings. The quantitative estimate of drug-likeness (QED) is 0.900. The second-order valence-corrected chi connectivity index (χ2v) is 8.01. The second-order valence-electron chi connectivity index (χ2n) is 8.01. The molecule has 0 aromatic carbocycles. The first-order valence-corrected chi connectivity index (χ1v) is 8.44. The van der Waals surface area contributed by atoms with E-state index in [0.29, 0.717) is 31.0 Å². The summed E-state index contributed by atoms with van der Waals surface area (Å²) in [5, 5.41) is 14.2. The fourth-order valence-corrected chi connectivity index (χ4v) is 3.00. The van der Waals surface area contributed by atoms with E-state index in [9.17, 15) is 9.90 Å². The molecule has 0 aliphatic carbocycles. The van der Waals surface area contributed by atoms with Gasteiger partial charge in [0.1, 0.15) is 0 Å². The van der Waals surface area contributed by atoms with E-state index < -0.39 is 5.60 Å². The molecule has 1 N–H and O–H groups in total. The minimum absolute atomic E-state index is 0.0779. The minimum atomic E-state index is -0.847. The highest BCUT2D eigenvalue weighted by Gasteiger charge is 2.38. The van der Waals surface area contributed by atoms with Crippen LogP contribution in [0.4, 0.5) is 0 Å². The van der Waals surface area contributed by atoms with Crippen LogP contribution in [0.1, 0.15) is 72.0 Å². The van der Waals surface area contributed by atoms with Gasteiger partial charge in [-0.2, -0.15) is 4.98 Å². The number of aromatic nitrogens is 2. The van der Waals surface area contributed by atoms with Gasteiger partial charge in [-0.05, 0) is 33.1 Å². The standard InChI is InChI=1S/C17H29N3O3/c1-16(2,3)15-18-13(23-19-15)9-6-10-14(21)20-11-7-8-12(20)17(4,5)22/h12,22H,6-11H2,1-5H3. The molecule has 0 saturated carbocycles. The summed E-state index contributed by atoms with van der Waals surface area (Å²) in [4.78, 5) is 18.6. The van der Waals surface area contributed by atoms with Gasteiger partial charge in [-0.25, -0.2) is 0 Å². The van der Waals surface area contributed by atoms with Crippen LogP contribution in [-0.4, -0.2) is 44.2 Å². The molecular formula is C17H29N3O3. The number of likely N-dealkylation sites (tertiary alicyclic amines) is 1. The van der Waals surface area contributed by atoms with Crippen LogP contribution in [0.25, 0.3) is 0 Å². The van der Waals surface area contributed by atoms with Gasteiger partial charge in [-0.15, -0.1) is 0 Å². The number of rotatable bonds is 5. The average Bonchev–Trinajstić information content (AvgIpc) is 3.06. The zero-order valence-corrected chi connectivity index (χ0v) is 14.9. The van der Waals surface area contributed by atoms with E-state index in [1.165, 1.54) is 0 Å². The van der Waals surface area contributed by atoms with Crippen LogP contribution in [0.5, 0.6) is 0 Å². The molecule has 1 aromatic rings. The number of amides is 1. The van der Waals surface area contributed by atoms with Crippen molar-refractivity contribution in [2.45, 2.75) is 83.8 Å². The Morgan fingerprint density at radius 2 is 2.04 bits per heavy atom. The van der Waals surface area contributed by atoms with Gasteiger partial charge in [0, 0.05) is 24.8 Å². The Balaban J connectivity index is 1.84. The summed E-state index contributed by atoms with van der Waals surface area (Å²) in [6.45, 7) is 10.4. The Morgan fingerprint density at radius 1 is 1.35 bits per heavy atom. The molecule has 0 bridgehead atoms. The van der Waals surface area contributed by atoms with Crippen LogP contribution in [0.3, 0.4) is 0 Å². The van der Waals surface area contributed by atoms with Crippen molar-refractivity contribution in [2.75, 3.05) is 6.54 Å². The van der Waals surface area contributed by atoms with Gasteiger partial charge in [0.05, 0.1) is 11.6 Å². The molecule has 130 valence electrons. The second kappa shape index (κ2) is 6.59. The lowest BCUT2D eigenvalue weighted by atomic mass is 9.96. The molecule has 0 radical (unpaired) electrons. The summed E-state index contributed by atoms with van der Waals surface area (Å²) >= 11 is 0. The van der Waals surface area contributed by atoms with Crippen LogP contribution < -0.4 is 0 Å². The lowest BCUT2D eigenvalue weighted by molar-refractivity contribution is -0.136. The zero-order chi connectivity index (χ0) is 17.3. The lowest BCUT2D eigenvalue weighted by Gasteiger charge is -2.33. The number of hydrogen-bond acceptors (Lipinski definition) is 5. The maximum absolute atomic E-state index is 12.4. The summed E-state index contributed by atoms with van der Waals surface area (Å²) in [7, 11) is 0. The largest absolute Gasteiger partial charge is 0.388 e. The van der Waals surface area contributed by atoms with Crippen molar-refractivity contribution in [1.82, 2.24) is 15.0 Å². The third kappa shape index (κ3) is 4.53. The molecule has 1 amide bonds. The third-order valence-corrected chi connectivity index (χ3v) is 4.31. The van der Waals surface area contributed by atoms with Crippen molar-refractivity contribution in [3.8, 4) is 0 Å². The summed E-state index contributed by atoms with van der Waals surface area (Å²) in [5.74, 6) is 1.38. The highest BCUT2D eigenvalue weighted by atomic mass is 16.5. The van der Waals surface area contributed by atoms with Crippen molar-refractivity contribution in [2.24, 2.45) is 0 Å². The maximum atomic E-state index is 12.4. The number of carbonyl (C=O) groups excluding carboxylic acids is 1. The smallest absolute Gasteiger partial charge is 0.226 e. The topological polar surface area (TPSA) is 79.5 Å². The van der Waals surface area contributed by atoms with Crippen LogP contribution in [0, 0.1) is 0 Å². The SMILES string of the molecule is CC(C)(C)c1noc(CCCC(=O)N2CCCC2C(C)(C)O)n1. The van der Waals surface area contributed by atoms with Gasteiger partial charge < -0.3 is 14.5 Å². The van der Waals surface area contributed by atoms with Crippen LogP contribution in [0.15, 0.2) is 4.52 Å². The molecule has 6 nitrogen and oxygen atoms in total. The predicted octanol–water partition coefficient (Wildman–Crippen LogP) is 2.45.